The quantitative estimate of drug-likeness (QED) is 0.676. The number of benzene rings is 1. The predicted molar refractivity (Wildman–Crippen MR) is 99.7 cm³/mol. The molecule has 10 heteroatoms. The molecule has 0 aromatic heterocycles. The molecule has 2 heterocycles. The maximum absolute atomic E-state index is 12.8. The molecule has 2 aliphatic rings. The van der Waals surface area contributed by atoms with Gasteiger partial charge in [-0.2, -0.15) is 0 Å². The molecule has 0 saturated carbocycles. The van der Waals surface area contributed by atoms with E-state index in [4.69, 9.17) is 4.74 Å². The third-order valence-corrected chi connectivity index (χ3v) is 6.14. The van der Waals surface area contributed by atoms with Gasteiger partial charge in [0, 0.05) is 17.9 Å². The molecule has 1 aromatic carbocycles. The maximum atomic E-state index is 12.8. The summed E-state index contributed by atoms with van der Waals surface area (Å²) < 4.78 is 17.8. The van der Waals surface area contributed by atoms with Crippen LogP contribution in [0.3, 0.4) is 0 Å². The van der Waals surface area contributed by atoms with E-state index in [2.05, 4.69) is 10.6 Å². The highest BCUT2D eigenvalue weighted by molar-refractivity contribution is 8.01. The number of halogens is 1. The second-order valence-corrected chi connectivity index (χ2v) is 8.21. The van der Waals surface area contributed by atoms with Gasteiger partial charge >= 0.3 is 5.97 Å². The van der Waals surface area contributed by atoms with Crippen LogP contribution in [0.25, 0.3) is 0 Å². The van der Waals surface area contributed by atoms with E-state index in [-0.39, 0.29) is 17.3 Å². The molecule has 0 bridgehead atoms. The molecule has 2 N–H and O–H groups in total. The van der Waals surface area contributed by atoms with Crippen LogP contribution in [0.5, 0.6) is 0 Å². The standard InChI is InChI=1S/C18H20FN3O5S/c1-18-7-6-16(25)22(18)13(10-28-18)17(26)27-9-15(24)20-8-14(23)21-12-4-2-11(19)3-5-12/h2-5,13H,6-10H2,1H3,(H,20,24)(H,21,23)/t13-,18-/m0/s1. The van der Waals surface area contributed by atoms with Gasteiger partial charge in [-0.1, -0.05) is 0 Å². The van der Waals surface area contributed by atoms with Gasteiger partial charge in [0.2, 0.25) is 11.8 Å². The van der Waals surface area contributed by atoms with E-state index >= 15 is 0 Å². The molecule has 2 aliphatic heterocycles. The zero-order valence-electron chi connectivity index (χ0n) is 15.2. The number of carbonyl (C=O) groups excluding carboxylic acids is 4. The molecule has 8 nitrogen and oxygen atoms in total. The lowest BCUT2D eigenvalue weighted by Gasteiger charge is -2.29. The summed E-state index contributed by atoms with van der Waals surface area (Å²) in [5.74, 6) is -1.85. The van der Waals surface area contributed by atoms with Crippen LogP contribution in [0.2, 0.25) is 0 Å². The van der Waals surface area contributed by atoms with Crippen molar-refractivity contribution in [2.75, 3.05) is 24.2 Å². The molecule has 150 valence electrons. The number of hydrogen-bond acceptors (Lipinski definition) is 6. The number of fused-ring (bicyclic) bond motifs is 1. The van der Waals surface area contributed by atoms with Crippen LogP contribution in [-0.4, -0.2) is 58.4 Å². The predicted octanol–water partition coefficient (Wildman–Crippen LogP) is 0.878. The summed E-state index contributed by atoms with van der Waals surface area (Å²) >= 11 is 1.53. The molecular weight excluding hydrogens is 389 g/mol. The van der Waals surface area contributed by atoms with Crippen LogP contribution in [0.4, 0.5) is 10.1 Å². The number of nitrogens with zero attached hydrogens (tertiary/aromatic N) is 1. The van der Waals surface area contributed by atoms with Crippen molar-refractivity contribution in [2.24, 2.45) is 0 Å². The molecule has 1 aromatic rings. The summed E-state index contributed by atoms with van der Waals surface area (Å²) in [4.78, 5) is 49.0. The van der Waals surface area contributed by atoms with Crippen molar-refractivity contribution in [3.8, 4) is 0 Å². The molecule has 2 fully saturated rings. The van der Waals surface area contributed by atoms with Gasteiger partial charge in [0.1, 0.15) is 11.9 Å². The number of anilines is 1. The summed E-state index contributed by atoms with van der Waals surface area (Å²) in [6, 6.07) is 4.49. The van der Waals surface area contributed by atoms with E-state index in [0.717, 1.165) is 0 Å². The second-order valence-electron chi connectivity index (χ2n) is 6.71. The molecule has 2 saturated heterocycles. The summed E-state index contributed by atoms with van der Waals surface area (Å²) in [6.07, 6.45) is 1.08. The number of hydrogen-bond donors (Lipinski definition) is 2. The zero-order chi connectivity index (χ0) is 20.3. The van der Waals surface area contributed by atoms with Gasteiger partial charge in [0.25, 0.3) is 5.91 Å². The lowest BCUT2D eigenvalue weighted by molar-refractivity contribution is -0.156. The molecule has 0 unspecified atom stereocenters. The van der Waals surface area contributed by atoms with Gasteiger partial charge in [-0.05, 0) is 37.6 Å². The van der Waals surface area contributed by atoms with Crippen molar-refractivity contribution in [1.82, 2.24) is 10.2 Å². The van der Waals surface area contributed by atoms with Crippen molar-refractivity contribution in [2.45, 2.75) is 30.7 Å². The lowest BCUT2D eigenvalue weighted by atomic mass is 10.2. The Morgan fingerprint density at radius 3 is 2.71 bits per heavy atom. The Morgan fingerprint density at radius 2 is 2.00 bits per heavy atom. The SMILES string of the molecule is C[C@]12CCC(=O)N1[C@H](C(=O)OCC(=O)NCC(=O)Nc1ccc(F)cc1)CS2. The molecule has 28 heavy (non-hydrogen) atoms. The number of nitrogens with one attached hydrogen (secondary N) is 2. The van der Waals surface area contributed by atoms with E-state index in [1.54, 1.807) is 4.90 Å². The fourth-order valence-electron chi connectivity index (χ4n) is 3.20. The molecular formula is C18H20FN3O5S. The number of carbonyl (C=O) groups is 4. The Morgan fingerprint density at radius 1 is 1.29 bits per heavy atom. The number of ether oxygens (including phenoxy) is 1. The Bertz CT molecular complexity index is 803. The van der Waals surface area contributed by atoms with Crippen LogP contribution in [-0.2, 0) is 23.9 Å². The van der Waals surface area contributed by atoms with Crippen molar-refractivity contribution in [3.63, 3.8) is 0 Å². The third kappa shape index (κ3) is 4.44. The van der Waals surface area contributed by atoms with Crippen LogP contribution in [0.1, 0.15) is 19.8 Å². The van der Waals surface area contributed by atoms with Crippen molar-refractivity contribution in [1.29, 1.82) is 0 Å². The summed E-state index contributed by atoms with van der Waals surface area (Å²) in [7, 11) is 0. The minimum Gasteiger partial charge on any atom is -0.454 e. The van der Waals surface area contributed by atoms with Crippen molar-refractivity contribution < 1.29 is 28.3 Å². The molecule has 0 spiro atoms. The first-order valence-corrected chi connectivity index (χ1v) is 9.72. The Balaban J connectivity index is 1.40. The summed E-state index contributed by atoms with van der Waals surface area (Å²) in [6.45, 7) is 1.06. The van der Waals surface area contributed by atoms with Crippen LogP contribution >= 0.6 is 11.8 Å². The zero-order valence-corrected chi connectivity index (χ0v) is 16.0. The lowest BCUT2D eigenvalue weighted by Crippen LogP contribution is -2.47. The van der Waals surface area contributed by atoms with E-state index in [9.17, 15) is 23.6 Å². The first-order chi connectivity index (χ1) is 13.3. The average molecular weight is 409 g/mol. The summed E-state index contributed by atoms with van der Waals surface area (Å²) in [5, 5.41) is 4.83. The van der Waals surface area contributed by atoms with Gasteiger partial charge in [-0.25, -0.2) is 9.18 Å². The van der Waals surface area contributed by atoms with Gasteiger partial charge in [-0.3, -0.25) is 14.4 Å². The summed E-state index contributed by atoms with van der Waals surface area (Å²) in [5.41, 5.74) is 0.393. The Hall–Kier alpha value is -2.62. The number of thioether (sulfide) groups is 1. The molecule has 0 aliphatic carbocycles. The topological polar surface area (TPSA) is 105 Å². The molecule has 3 amide bonds. The monoisotopic (exact) mass is 409 g/mol. The van der Waals surface area contributed by atoms with Crippen LogP contribution in [0, 0.1) is 5.82 Å². The van der Waals surface area contributed by atoms with Gasteiger partial charge in [0.05, 0.1) is 11.4 Å². The van der Waals surface area contributed by atoms with E-state index in [1.165, 1.54) is 36.0 Å². The van der Waals surface area contributed by atoms with E-state index in [0.29, 0.717) is 24.3 Å². The Kier molecular flexibility index (Phi) is 5.87. The van der Waals surface area contributed by atoms with Crippen molar-refractivity contribution >= 4 is 41.1 Å². The average Bonchev–Trinajstić information content (AvgIpc) is 3.16. The van der Waals surface area contributed by atoms with Crippen LogP contribution < -0.4 is 10.6 Å². The van der Waals surface area contributed by atoms with E-state index in [1.807, 2.05) is 6.92 Å². The first kappa shape index (κ1) is 20.1. The molecule has 3 rings (SSSR count). The van der Waals surface area contributed by atoms with Gasteiger partial charge in [-0.15, -0.1) is 11.8 Å². The fraction of sp³-hybridized carbons (Fsp3) is 0.444. The minimum absolute atomic E-state index is 0.0867. The smallest absolute Gasteiger partial charge is 0.330 e. The Labute approximate surface area is 165 Å². The molecule has 2 atom stereocenters. The largest absolute Gasteiger partial charge is 0.454 e. The first-order valence-electron chi connectivity index (χ1n) is 8.73. The normalized spacial score (nSPS) is 23.3. The number of rotatable bonds is 6. The minimum atomic E-state index is -0.695. The second kappa shape index (κ2) is 8.17. The van der Waals surface area contributed by atoms with Gasteiger partial charge in [0.15, 0.2) is 6.61 Å². The third-order valence-electron chi connectivity index (χ3n) is 4.64. The van der Waals surface area contributed by atoms with Gasteiger partial charge < -0.3 is 20.3 Å². The highest BCUT2D eigenvalue weighted by Gasteiger charge is 2.53. The van der Waals surface area contributed by atoms with E-state index < -0.39 is 36.2 Å². The number of esters is 1. The van der Waals surface area contributed by atoms with Crippen LogP contribution in [0.15, 0.2) is 24.3 Å². The van der Waals surface area contributed by atoms with Crippen molar-refractivity contribution in [3.05, 3.63) is 30.1 Å². The maximum Gasteiger partial charge on any atom is 0.330 e. The highest BCUT2D eigenvalue weighted by atomic mass is 32.2. The fourth-order valence-corrected chi connectivity index (χ4v) is 4.61. The molecule has 0 radical (unpaired) electrons. The highest BCUT2D eigenvalue weighted by Crippen LogP contribution is 2.47. The number of amides is 3.